The summed E-state index contributed by atoms with van der Waals surface area (Å²) >= 11 is 1.33. The molecule has 1 heterocycles. The van der Waals surface area contributed by atoms with Gasteiger partial charge >= 0.3 is 0 Å². The summed E-state index contributed by atoms with van der Waals surface area (Å²) in [5.74, 6) is 0.497. The molecule has 0 bridgehead atoms. The van der Waals surface area contributed by atoms with Crippen LogP contribution in [0.3, 0.4) is 0 Å². The van der Waals surface area contributed by atoms with Gasteiger partial charge in [-0.05, 0) is 13.3 Å². The van der Waals surface area contributed by atoms with Crippen molar-refractivity contribution in [2.75, 3.05) is 11.9 Å². The molecule has 6 nitrogen and oxygen atoms in total. The average Bonchev–Trinajstić information content (AvgIpc) is 2.35. The maximum atomic E-state index is 10.9. The topological polar surface area (TPSA) is 88.3 Å². The highest BCUT2D eigenvalue weighted by Gasteiger charge is 2.16. The third-order valence-corrected chi connectivity index (χ3v) is 3.76. The molecule has 2 unspecified atom stereocenters. The summed E-state index contributed by atoms with van der Waals surface area (Å²) in [5.41, 5.74) is 0.00824. The minimum Gasteiger partial charge on any atom is -0.392 e. The first-order chi connectivity index (χ1) is 8.93. The second-order valence-corrected chi connectivity index (χ2v) is 5.69. The van der Waals surface area contributed by atoms with Crippen molar-refractivity contribution < 1.29 is 10.0 Å². The maximum absolute atomic E-state index is 10.9. The minimum atomic E-state index is -0.502. The highest BCUT2D eigenvalue weighted by Crippen LogP contribution is 2.28. The SMILES string of the molecule is CCCNc1cc([N+](=O)[O-])cc(SC(C)C(C)O)n1. The van der Waals surface area contributed by atoms with Crippen molar-refractivity contribution in [3.05, 3.63) is 22.2 Å². The Morgan fingerprint density at radius 1 is 1.53 bits per heavy atom. The molecular formula is C12H19N3O3S. The quantitative estimate of drug-likeness (QED) is 0.455. The molecule has 1 aromatic heterocycles. The minimum absolute atomic E-state index is 0.00824. The van der Waals surface area contributed by atoms with Crippen LogP contribution < -0.4 is 5.32 Å². The zero-order valence-corrected chi connectivity index (χ0v) is 12.1. The van der Waals surface area contributed by atoms with Crippen molar-refractivity contribution >= 4 is 23.3 Å². The van der Waals surface area contributed by atoms with E-state index in [2.05, 4.69) is 10.3 Å². The number of rotatable bonds is 7. The molecule has 0 aliphatic rings. The summed E-state index contributed by atoms with van der Waals surface area (Å²) in [7, 11) is 0. The summed E-state index contributed by atoms with van der Waals surface area (Å²) < 4.78 is 0. The third kappa shape index (κ3) is 5.04. The summed E-state index contributed by atoms with van der Waals surface area (Å²) in [6, 6.07) is 2.85. The Bertz CT molecular complexity index is 440. The lowest BCUT2D eigenvalue weighted by Gasteiger charge is -2.14. The van der Waals surface area contributed by atoms with E-state index in [1.807, 2.05) is 13.8 Å². The van der Waals surface area contributed by atoms with Crippen LogP contribution in [0.5, 0.6) is 0 Å². The molecule has 0 fully saturated rings. The lowest BCUT2D eigenvalue weighted by molar-refractivity contribution is -0.385. The molecule has 19 heavy (non-hydrogen) atoms. The summed E-state index contributed by atoms with van der Waals surface area (Å²) in [6.07, 6.45) is 0.412. The van der Waals surface area contributed by atoms with Gasteiger partial charge in [0.15, 0.2) is 0 Å². The molecular weight excluding hydrogens is 266 g/mol. The van der Waals surface area contributed by atoms with Crippen LogP contribution >= 0.6 is 11.8 Å². The standard InChI is InChI=1S/C12H19N3O3S/c1-4-5-13-11-6-10(15(17)18)7-12(14-11)19-9(3)8(2)16/h6-9,16H,4-5H2,1-3H3,(H,13,14). The van der Waals surface area contributed by atoms with Gasteiger partial charge in [0.05, 0.1) is 17.1 Å². The predicted molar refractivity (Wildman–Crippen MR) is 76.7 cm³/mol. The van der Waals surface area contributed by atoms with Crippen LogP contribution in [0.1, 0.15) is 27.2 Å². The first-order valence-electron chi connectivity index (χ1n) is 6.19. The zero-order valence-electron chi connectivity index (χ0n) is 11.3. The van der Waals surface area contributed by atoms with E-state index in [4.69, 9.17) is 0 Å². The number of nitrogens with one attached hydrogen (secondary N) is 1. The maximum Gasteiger partial charge on any atom is 0.275 e. The van der Waals surface area contributed by atoms with Gasteiger partial charge in [0, 0.05) is 17.9 Å². The van der Waals surface area contributed by atoms with E-state index in [1.165, 1.54) is 23.9 Å². The molecule has 0 saturated carbocycles. The Morgan fingerprint density at radius 3 is 2.74 bits per heavy atom. The van der Waals surface area contributed by atoms with E-state index < -0.39 is 11.0 Å². The van der Waals surface area contributed by atoms with Crippen molar-refractivity contribution in [1.29, 1.82) is 0 Å². The molecule has 0 aromatic carbocycles. The van der Waals surface area contributed by atoms with Gasteiger partial charge in [-0.25, -0.2) is 4.98 Å². The lowest BCUT2D eigenvalue weighted by Crippen LogP contribution is -2.15. The van der Waals surface area contributed by atoms with Crippen LogP contribution in [-0.4, -0.2) is 32.9 Å². The van der Waals surface area contributed by atoms with Crippen molar-refractivity contribution in [3.63, 3.8) is 0 Å². The number of nitrogens with zero attached hydrogens (tertiary/aromatic N) is 2. The Hall–Kier alpha value is -1.34. The number of aliphatic hydroxyl groups is 1. The highest BCUT2D eigenvalue weighted by molar-refractivity contribution is 7.99. The van der Waals surface area contributed by atoms with E-state index >= 15 is 0 Å². The second-order valence-electron chi connectivity index (χ2n) is 4.30. The Labute approximate surface area is 116 Å². The van der Waals surface area contributed by atoms with Crippen LogP contribution in [0.2, 0.25) is 0 Å². The molecule has 2 atom stereocenters. The van der Waals surface area contributed by atoms with Gasteiger partial charge in [-0.2, -0.15) is 0 Å². The van der Waals surface area contributed by atoms with Crippen molar-refractivity contribution in [3.8, 4) is 0 Å². The number of thioether (sulfide) groups is 1. The fraction of sp³-hybridized carbons (Fsp3) is 0.583. The normalized spacial score (nSPS) is 13.9. The molecule has 0 aliphatic heterocycles. The van der Waals surface area contributed by atoms with E-state index in [0.29, 0.717) is 17.4 Å². The number of hydrogen-bond donors (Lipinski definition) is 2. The van der Waals surface area contributed by atoms with Gasteiger partial charge in [-0.1, -0.05) is 13.8 Å². The number of pyridine rings is 1. The summed E-state index contributed by atoms with van der Waals surface area (Å²) in [4.78, 5) is 14.8. The number of nitro groups is 1. The molecule has 1 rings (SSSR count). The average molecular weight is 285 g/mol. The Kier molecular flexibility index (Phi) is 6.04. The van der Waals surface area contributed by atoms with Gasteiger partial charge in [0.2, 0.25) is 0 Å². The summed E-state index contributed by atoms with van der Waals surface area (Å²) in [6.45, 7) is 6.26. The number of anilines is 1. The van der Waals surface area contributed by atoms with Crippen molar-refractivity contribution in [2.24, 2.45) is 0 Å². The van der Waals surface area contributed by atoms with Crippen LogP contribution in [0.25, 0.3) is 0 Å². The molecule has 1 aromatic rings. The van der Waals surface area contributed by atoms with Gasteiger partial charge in [0.25, 0.3) is 5.69 Å². The lowest BCUT2D eigenvalue weighted by atomic mass is 10.3. The van der Waals surface area contributed by atoms with Crippen LogP contribution in [0.15, 0.2) is 17.2 Å². The molecule has 7 heteroatoms. The monoisotopic (exact) mass is 285 g/mol. The second kappa shape index (κ2) is 7.30. The van der Waals surface area contributed by atoms with Crippen molar-refractivity contribution in [2.45, 2.75) is 43.6 Å². The molecule has 0 saturated heterocycles. The zero-order chi connectivity index (χ0) is 14.4. The molecule has 0 amide bonds. The van der Waals surface area contributed by atoms with E-state index in [9.17, 15) is 15.2 Å². The molecule has 2 N–H and O–H groups in total. The van der Waals surface area contributed by atoms with Gasteiger partial charge < -0.3 is 10.4 Å². The first kappa shape index (κ1) is 15.7. The molecule has 0 spiro atoms. The van der Waals surface area contributed by atoms with Crippen LogP contribution in [0.4, 0.5) is 11.5 Å². The predicted octanol–water partition coefficient (Wildman–Crippen LogP) is 2.67. The Morgan fingerprint density at radius 2 is 2.21 bits per heavy atom. The van der Waals surface area contributed by atoms with E-state index in [0.717, 1.165) is 6.42 Å². The van der Waals surface area contributed by atoms with Gasteiger partial charge in [-0.3, -0.25) is 10.1 Å². The highest BCUT2D eigenvalue weighted by atomic mass is 32.2. The fourth-order valence-electron chi connectivity index (χ4n) is 1.29. The number of aliphatic hydroxyl groups excluding tert-OH is 1. The molecule has 0 radical (unpaired) electrons. The van der Waals surface area contributed by atoms with E-state index in [-0.39, 0.29) is 10.9 Å². The van der Waals surface area contributed by atoms with Crippen molar-refractivity contribution in [1.82, 2.24) is 4.98 Å². The molecule has 0 aliphatic carbocycles. The molecule has 106 valence electrons. The van der Waals surface area contributed by atoms with Gasteiger partial charge in [-0.15, -0.1) is 11.8 Å². The Balaban J connectivity index is 2.95. The summed E-state index contributed by atoms with van der Waals surface area (Å²) in [5, 5.41) is 23.9. The van der Waals surface area contributed by atoms with Crippen LogP contribution in [0, 0.1) is 10.1 Å². The smallest absolute Gasteiger partial charge is 0.275 e. The third-order valence-electron chi connectivity index (χ3n) is 2.54. The van der Waals surface area contributed by atoms with E-state index in [1.54, 1.807) is 6.92 Å². The van der Waals surface area contributed by atoms with Crippen LogP contribution in [-0.2, 0) is 0 Å². The largest absolute Gasteiger partial charge is 0.392 e. The van der Waals surface area contributed by atoms with Gasteiger partial charge in [0.1, 0.15) is 10.8 Å². The first-order valence-corrected chi connectivity index (χ1v) is 7.07. The fourth-order valence-corrected chi connectivity index (χ4v) is 2.21. The number of aromatic nitrogens is 1. The number of hydrogen-bond acceptors (Lipinski definition) is 6.